The van der Waals surface area contributed by atoms with E-state index in [-0.39, 0.29) is 11.6 Å². The highest BCUT2D eigenvalue weighted by atomic mass is 79.9. The largest absolute Gasteiger partial charge is 0.489 e. The van der Waals surface area contributed by atoms with Crippen LogP contribution in [0, 0.1) is 5.82 Å². The number of hydrogen-bond acceptors (Lipinski definition) is 3. The molecule has 1 aliphatic heterocycles. The number of ether oxygens (including phenoxy) is 2. The summed E-state index contributed by atoms with van der Waals surface area (Å²) in [6, 6.07) is 4.99. The lowest BCUT2D eigenvalue weighted by Gasteiger charge is -2.20. The molecular formula is C14H19BrFNO2. The lowest BCUT2D eigenvalue weighted by atomic mass is 10.1. The minimum absolute atomic E-state index is 0.279. The monoisotopic (exact) mass is 331 g/mol. The zero-order valence-corrected chi connectivity index (χ0v) is 12.6. The Morgan fingerprint density at radius 2 is 2.42 bits per heavy atom. The fourth-order valence-corrected chi connectivity index (χ4v) is 2.50. The van der Waals surface area contributed by atoms with Crippen LogP contribution in [-0.2, 0) is 4.74 Å². The van der Waals surface area contributed by atoms with Gasteiger partial charge in [0.1, 0.15) is 6.61 Å². The predicted octanol–water partition coefficient (Wildman–Crippen LogP) is 3.12. The average Bonchev–Trinajstić information content (AvgIpc) is 2.92. The van der Waals surface area contributed by atoms with Gasteiger partial charge in [-0.25, -0.2) is 4.39 Å². The summed E-state index contributed by atoms with van der Waals surface area (Å²) in [5.41, 5.74) is 0. The SMILES string of the molecule is CC(NCCOc1cc(Br)ccc1F)C1CCCO1. The van der Waals surface area contributed by atoms with E-state index >= 15 is 0 Å². The molecule has 1 N–H and O–H groups in total. The molecular weight excluding hydrogens is 313 g/mol. The van der Waals surface area contributed by atoms with E-state index in [1.165, 1.54) is 6.07 Å². The normalized spacial score (nSPS) is 20.5. The Morgan fingerprint density at radius 1 is 1.58 bits per heavy atom. The Morgan fingerprint density at radius 3 is 3.16 bits per heavy atom. The topological polar surface area (TPSA) is 30.5 Å². The van der Waals surface area contributed by atoms with Crippen LogP contribution in [0.5, 0.6) is 5.75 Å². The molecule has 0 amide bonds. The molecule has 3 nitrogen and oxygen atoms in total. The van der Waals surface area contributed by atoms with Gasteiger partial charge in [-0.1, -0.05) is 15.9 Å². The van der Waals surface area contributed by atoms with E-state index in [2.05, 4.69) is 28.2 Å². The molecule has 2 unspecified atom stereocenters. The summed E-state index contributed by atoms with van der Waals surface area (Å²) in [7, 11) is 0. The molecule has 5 heteroatoms. The smallest absolute Gasteiger partial charge is 0.165 e. The summed E-state index contributed by atoms with van der Waals surface area (Å²) in [5.74, 6) is -0.0590. The van der Waals surface area contributed by atoms with E-state index in [0.29, 0.717) is 25.3 Å². The van der Waals surface area contributed by atoms with Crippen LogP contribution >= 0.6 is 15.9 Å². The number of rotatable bonds is 6. The van der Waals surface area contributed by atoms with Crippen molar-refractivity contribution in [2.24, 2.45) is 0 Å². The molecule has 106 valence electrons. The van der Waals surface area contributed by atoms with E-state index < -0.39 is 0 Å². The van der Waals surface area contributed by atoms with Crippen molar-refractivity contribution in [3.63, 3.8) is 0 Å². The summed E-state index contributed by atoms with van der Waals surface area (Å²) in [6.07, 6.45) is 2.54. The first-order valence-electron chi connectivity index (χ1n) is 6.59. The minimum atomic E-state index is -0.338. The van der Waals surface area contributed by atoms with Gasteiger partial charge in [-0.2, -0.15) is 0 Å². The van der Waals surface area contributed by atoms with Crippen LogP contribution in [0.25, 0.3) is 0 Å². The first-order chi connectivity index (χ1) is 9.16. The highest BCUT2D eigenvalue weighted by Gasteiger charge is 2.21. The molecule has 1 aromatic carbocycles. The first kappa shape index (κ1) is 14.8. The van der Waals surface area contributed by atoms with Gasteiger partial charge in [-0.3, -0.25) is 0 Å². The summed E-state index contributed by atoms with van der Waals surface area (Å²) in [4.78, 5) is 0. The van der Waals surface area contributed by atoms with Crippen molar-refractivity contribution in [1.29, 1.82) is 0 Å². The molecule has 1 aliphatic rings. The summed E-state index contributed by atoms with van der Waals surface area (Å²) >= 11 is 3.29. The quantitative estimate of drug-likeness (QED) is 0.812. The van der Waals surface area contributed by atoms with Crippen LogP contribution < -0.4 is 10.1 Å². The molecule has 0 bridgehead atoms. The van der Waals surface area contributed by atoms with Crippen molar-refractivity contribution in [3.8, 4) is 5.75 Å². The Balaban J connectivity index is 1.70. The highest BCUT2D eigenvalue weighted by Crippen LogP contribution is 2.22. The molecule has 19 heavy (non-hydrogen) atoms. The molecule has 0 saturated carbocycles. The fraction of sp³-hybridized carbons (Fsp3) is 0.571. The van der Waals surface area contributed by atoms with Gasteiger partial charge < -0.3 is 14.8 Å². The summed E-state index contributed by atoms with van der Waals surface area (Å²) in [5, 5.41) is 3.34. The molecule has 0 spiro atoms. The number of hydrogen-bond donors (Lipinski definition) is 1. The Bertz CT molecular complexity index is 410. The van der Waals surface area contributed by atoms with Gasteiger partial charge in [-0.15, -0.1) is 0 Å². The van der Waals surface area contributed by atoms with Gasteiger partial charge in [0.25, 0.3) is 0 Å². The maximum Gasteiger partial charge on any atom is 0.165 e. The Kier molecular flexibility index (Phi) is 5.60. The van der Waals surface area contributed by atoms with E-state index in [9.17, 15) is 4.39 Å². The van der Waals surface area contributed by atoms with Crippen LogP contribution in [0.3, 0.4) is 0 Å². The van der Waals surface area contributed by atoms with Crippen molar-refractivity contribution in [3.05, 3.63) is 28.5 Å². The fourth-order valence-electron chi connectivity index (χ4n) is 2.16. The standard InChI is InChI=1S/C14H19BrFNO2/c1-10(13-3-2-7-18-13)17-6-8-19-14-9-11(15)4-5-12(14)16/h4-5,9-10,13,17H,2-3,6-8H2,1H3. The van der Waals surface area contributed by atoms with Crippen molar-refractivity contribution in [2.45, 2.75) is 31.9 Å². The predicted molar refractivity (Wildman–Crippen MR) is 76.0 cm³/mol. The Labute approximate surface area is 121 Å². The maximum atomic E-state index is 13.4. The van der Waals surface area contributed by atoms with E-state index in [1.807, 2.05) is 0 Å². The number of nitrogens with one attached hydrogen (secondary N) is 1. The maximum absolute atomic E-state index is 13.4. The molecule has 0 aliphatic carbocycles. The molecule has 1 fully saturated rings. The van der Waals surface area contributed by atoms with Crippen LogP contribution in [-0.4, -0.2) is 31.9 Å². The lowest BCUT2D eigenvalue weighted by Crippen LogP contribution is -2.39. The van der Waals surface area contributed by atoms with Crippen molar-refractivity contribution >= 4 is 15.9 Å². The van der Waals surface area contributed by atoms with Crippen molar-refractivity contribution in [1.82, 2.24) is 5.32 Å². The van der Waals surface area contributed by atoms with Gasteiger partial charge in [0.05, 0.1) is 6.10 Å². The van der Waals surface area contributed by atoms with Crippen molar-refractivity contribution < 1.29 is 13.9 Å². The lowest BCUT2D eigenvalue weighted by molar-refractivity contribution is 0.0824. The molecule has 1 saturated heterocycles. The summed E-state index contributed by atoms with van der Waals surface area (Å²) in [6.45, 7) is 4.07. The molecule has 1 aromatic rings. The molecule has 0 radical (unpaired) electrons. The second-order valence-corrected chi connectivity index (χ2v) is 5.63. The Hall–Kier alpha value is -0.650. The van der Waals surface area contributed by atoms with Crippen molar-refractivity contribution in [2.75, 3.05) is 19.8 Å². The highest BCUT2D eigenvalue weighted by molar-refractivity contribution is 9.10. The zero-order chi connectivity index (χ0) is 13.7. The third kappa shape index (κ3) is 4.44. The van der Waals surface area contributed by atoms with Gasteiger partial charge in [0.2, 0.25) is 0 Å². The zero-order valence-electron chi connectivity index (χ0n) is 11.0. The van der Waals surface area contributed by atoms with E-state index in [0.717, 1.165) is 23.9 Å². The molecule has 1 heterocycles. The van der Waals surface area contributed by atoms with Gasteiger partial charge in [-0.05, 0) is 38.0 Å². The van der Waals surface area contributed by atoms with Gasteiger partial charge in [0.15, 0.2) is 11.6 Å². The van der Waals surface area contributed by atoms with Crippen LogP contribution in [0.15, 0.2) is 22.7 Å². The summed E-state index contributed by atoms with van der Waals surface area (Å²) < 4.78 is 25.2. The third-order valence-electron chi connectivity index (χ3n) is 3.24. The molecule has 2 atom stereocenters. The van der Waals surface area contributed by atoms with Crippen LogP contribution in [0.2, 0.25) is 0 Å². The first-order valence-corrected chi connectivity index (χ1v) is 7.39. The molecule has 0 aromatic heterocycles. The second-order valence-electron chi connectivity index (χ2n) is 4.72. The third-order valence-corrected chi connectivity index (χ3v) is 3.74. The molecule has 2 rings (SSSR count). The minimum Gasteiger partial charge on any atom is -0.489 e. The van der Waals surface area contributed by atoms with Gasteiger partial charge in [0, 0.05) is 23.7 Å². The van der Waals surface area contributed by atoms with Crippen LogP contribution in [0.1, 0.15) is 19.8 Å². The number of benzene rings is 1. The second kappa shape index (κ2) is 7.22. The van der Waals surface area contributed by atoms with E-state index in [4.69, 9.17) is 9.47 Å². The van der Waals surface area contributed by atoms with Crippen LogP contribution in [0.4, 0.5) is 4.39 Å². The van der Waals surface area contributed by atoms with E-state index in [1.54, 1.807) is 12.1 Å². The average molecular weight is 332 g/mol. The van der Waals surface area contributed by atoms with Gasteiger partial charge >= 0.3 is 0 Å². The number of halogens is 2.